The number of nitrogens with one attached hydrogen (secondary N) is 1. The Kier molecular flexibility index (Phi) is 5.63. The smallest absolute Gasteiger partial charge is 0.254 e. The van der Waals surface area contributed by atoms with Crippen LogP contribution in [0.4, 0.5) is 4.39 Å². The van der Waals surface area contributed by atoms with E-state index >= 15 is 0 Å². The van der Waals surface area contributed by atoms with Crippen LogP contribution in [0, 0.1) is 5.82 Å². The summed E-state index contributed by atoms with van der Waals surface area (Å²) in [6.45, 7) is 0.422. The molecule has 5 nitrogen and oxygen atoms in total. The molecule has 0 aliphatic carbocycles. The quantitative estimate of drug-likeness (QED) is 0.236. The second kappa shape index (κ2) is 7.26. The second-order valence-corrected chi connectivity index (χ2v) is 3.78. The Morgan fingerprint density at radius 2 is 2.11 bits per heavy atom. The van der Waals surface area contributed by atoms with Crippen molar-refractivity contribution >= 4 is 11.7 Å². The lowest BCUT2D eigenvalue weighted by molar-refractivity contribution is 0.0949. The lowest BCUT2D eigenvalue weighted by atomic mass is 10.2. The van der Waals surface area contributed by atoms with Gasteiger partial charge in [0.05, 0.1) is 5.56 Å². The van der Waals surface area contributed by atoms with E-state index in [1.165, 1.54) is 18.2 Å². The maximum Gasteiger partial charge on any atom is 0.254 e. The predicted octanol–water partition coefficient (Wildman–Crippen LogP) is 1.47. The van der Waals surface area contributed by atoms with Gasteiger partial charge in [-0.25, -0.2) is 4.39 Å². The van der Waals surface area contributed by atoms with Crippen molar-refractivity contribution in [2.45, 2.75) is 19.3 Å². The molecule has 0 fully saturated rings. The number of unbranched alkanes of at least 4 members (excludes halogenated alkanes) is 1. The van der Waals surface area contributed by atoms with Crippen molar-refractivity contribution in [2.24, 2.45) is 10.9 Å². The van der Waals surface area contributed by atoms with Crippen molar-refractivity contribution in [3.63, 3.8) is 0 Å². The summed E-state index contributed by atoms with van der Waals surface area (Å²) in [4.78, 5) is 11.6. The average Bonchev–Trinajstić information content (AvgIpc) is 2.38. The van der Waals surface area contributed by atoms with Gasteiger partial charge >= 0.3 is 0 Å². The van der Waals surface area contributed by atoms with Crippen molar-refractivity contribution in [3.05, 3.63) is 35.6 Å². The molecular weight excluding hydrogens is 237 g/mol. The molecule has 0 atom stereocenters. The van der Waals surface area contributed by atoms with Gasteiger partial charge in [0.1, 0.15) is 11.7 Å². The lowest BCUT2D eigenvalue weighted by Gasteiger charge is -2.05. The highest BCUT2D eigenvalue weighted by atomic mass is 19.1. The van der Waals surface area contributed by atoms with Gasteiger partial charge in [-0.05, 0) is 25.0 Å². The number of oxime groups is 1. The minimum atomic E-state index is -0.536. The number of rotatable bonds is 6. The van der Waals surface area contributed by atoms with Gasteiger partial charge in [-0.3, -0.25) is 4.79 Å². The zero-order chi connectivity index (χ0) is 13.4. The van der Waals surface area contributed by atoms with E-state index in [2.05, 4.69) is 10.5 Å². The molecule has 0 bridgehead atoms. The fourth-order valence-corrected chi connectivity index (χ4v) is 1.42. The van der Waals surface area contributed by atoms with Crippen LogP contribution < -0.4 is 11.1 Å². The first-order valence-corrected chi connectivity index (χ1v) is 5.64. The topological polar surface area (TPSA) is 87.7 Å². The fourth-order valence-electron chi connectivity index (χ4n) is 1.42. The van der Waals surface area contributed by atoms with Crippen molar-refractivity contribution in [2.75, 3.05) is 6.54 Å². The molecule has 1 aromatic rings. The van der Waals surface area contributed by atoms with Crippen LogP contribution in [-0.4, -0.2) is 23.5 Å². The maximum absolute atomic E-state index is 13.2. The number of nitrogens with two attached hydrogens (primary N) is 1. The zero-order valence-corrected chi connectivity index (χ0v) is 9.90. The highest BCUT2D eigenvalue weighted by Gasteiger charge is 2.09. The summed E-state index contributed by atoms with van der Waals surface area (Å²) in [5.74, 6) is -0.806. The SMILES string of the molecule is NC(CCCCNC(=O)c1ccccc1F)=NO. The molecular formula is C12H16FN3O2. The Bertz CT molecular complexity index is 435. The Morgan fingerprint density at radius 1 is 1.39 bits per heavy atom. The normalized spacial score (nSPS) is 11.3. The Balaban J connectivity index is 2.28. The summed E-state index contributed by atoms with van der Waals surface area (Å²) >= 11 is 0. The molecule has 0 heterocycles. The van der Waals surface area contributed by atoms with Gasteiger partial charge in [0.2, 0.25) is 0 Å². The Hall–Kier alpha value is -2.11. The standard InChI is InChI=1S/C12H16FN3O2/c13-10-6-2-1-5-9(10)12(17)15-8-4-3-7-11(14)16-18/h1-2,5-6,18H,3-4,7-8H2,(H2,14,16)(H,15,17). The average molecular weight is 253 g/mol. The summed E-state index contributed by atoms with van der Waals surface area (Å²) < 4.78 is 13.2. The van der Waals surface area contributed by atoms with Gasteiger partial charge in [-0.2, -0.15) is 0 Å². The van der Waals surface area contributed by atoms with Gasteiger partial charge < -0.3 is 16.3 Å². The van der Waals surface area contributed by atoms with Gasteiger partial charge in [0, 0.05) is 13.0 Å². The van der Waals surface area contributed by atoms with Crippen LogP contribution in [0.15, 0.2) is 29.4 Å². The summed E-state index contributed by atoms with van der Waals surface area (Å²) in [6.07, 6.45) is 1.83. The number of nitrogens with zero attached hydrogens (tertiary/aromatic N) is 1. The molecule has 98 valence electrons. The molecule has 1 aromatic carbocycles. The first-order chi connectivity index (χ1) is 8.65. The number of amidine groups is 1. The van der Waals surface area contributed by atoms with Gasteiger partial charge in [-0.1, -0.05) is 17.3 Å². The molecule has 1 rings (SSSR count). The number of carbonyl (C=O) groups is 1. The highest BCUT2D eigenvalue weighted by molar-refractivity contribution is 5.94. The third-order valence-corrected chi connectivity index (χ3v) is 2.39. The largest absolute Gasteiger partial charge is 0.409 e. The van der Waals surface area contributed by atoms with Gasteiger partial charge in [0.15, 0.2) is 0 Å². The Labute approximate surface area is 104 Å². The number of benzene rings is 1. The number of amides is 1. The van der Waals surface area contributed by atoms with Crippen LogP contribution in [0.3, 0.4) is 0 Å². The minimum absolute atomic E-state index is 0.0361. The molecule has 18 heavy (non-hydrogen) atoms. The molecule has 4 N–H and O–H groups in total. The van der Waals surface area contributed by atoms with Crippen LogP contribution in [0.25, 0.3) is 0 Å². The molecule has 0 aromatic heterocycles. The van der Waals surface area contributed by atoms with Crippen molar-refractivity contribution in [1.82, 2.24) is 5.32 Å². The molecule has 6 heteroatoms. The molecule has 0 aliphatic heterocycles. The molecule has 0 saturated carbocycles. The number of hydrogen-bond donors (Lipinski definition) is 3. The molecule has 0 saturated heterocycles. The van der Waals surface area contributed by atoms with Crippen LogP contribution >= 0.6 is 0 Å². The van der Waals surface area contributed by atoms with E-state index in [1.807, 2.05) is 0 Å². The summed E-state index contributed by atoms with van der Waals surface area (Å²) in [7, 11) is 0. The number of carbonyl (C=O) groups excluding carboxylic acids is 1. The number of halogens is 1. The summed E-state index contributed by atoms with van der Waals surface area (Å²) in [5, 5.41) is 13.8. The fraction of sp³-hybridized carbons (Fsp3) is 0.333. The third kappa shape index (κ3) is 4.40. The molecule has 0 unspecified atom stereocenters. The second-order valence-electron chi connectivity index (χ2n) is 3.78. The Morgan fingerprint density at radius 3 is 2.78 bits per heavy atom. The minimum Gasteiger partial charge on any atom is -0.409 e. The first-order valence-electron chi connectivity index (χ1n) is 5.64. The van der Waals surface area contributed by atoms with E-state index in [0.29, 0.717) is 25.8 Å². The van der Waals surface area contributed by atoms with Crippen molar-refractivity contribution in [3.8, 4) is 0 Å². The van der Waals surface area contributed by atoms with Crippen LogP contribution in [0.5, 0.6) is 0 Å². The monoisotopic (exact) mass is 253 g/mol. The van der Waals surface area contributed by atoms with Crippen LogP contribution in [0.2, 0.25) is 0 Å². The van der Waals surface area contributed by atoms with E-state index in [0.717, 1.165) is 0 Å². The van der Waals surface area contributed by atoms with Crippen LogP contribution in [-0.2, 0) is 0 Å². The summed E-state index contributed by atoms with van der Waals surface area (Å²) in [5.41, 5.74) is 5.33. The first kappa shape index (κ1) is 14.0. The molecule has 0 radical (unpaired) electrons. The van der Waals surface area contributed by atoms with Gasteiger partial charge in [0.25, 0.3) is 5.91 Å². The van der Waals surface area contributed by atoms with E-state index in [-0.39, 0.29) is 11.4 Å². The van der Waals surface area contributed by atoms with Crippen molar-refractivity contribution < 1.29 is 14.4 Å². The predicted molar refractivity (Wildman–Crippen MR) is 66.0 cm³/mol. The van der Waals surface area contributed by atoms with E-state index in [1.54, 1.807) is 6.07 Å². The molecule has 1 amide bonds. The summed E-state index contributed by atoms with van der Waals surface area (Å²) in [6, 6.07) is 5.81. The third-order valence-electron chi connectivity index (χ3n) is 2.39. The lowest BCUT2D eigenvalue weighted by Crippen LogP contribution is -2.25. The van der Waals surface area contributed by atoms with Gasteiger partial charge in [-0.15, -0.1) is 0 Å². The molecule has 0 aliphatic rings. The molecule has 0 spiro atoms. The van der Waals surface area contributed by atoms with Crippen LogP contribution in [0.1, 0.15) is 29.6 Å². The van der Waals surface area contributed by atoms with E-state index in [9.17, 15) is 9.18 Å². The number of hydrogen-bond acceptors (Lipinski definition) is 3. The van der Waals surface area contributed by atoms with E-state index < -0.39 is 11.7 Å². The highest BCUT2D eigenvalue weighted by Crippen LogP contribution is 2.05. The zero-order valence-electron chi connectivity index (χ0n) is 9.90. The maximum atomic E-state index is 13.2. The van der Waals surface area contributed by atoms with E-state index in [4.69, 9.17) is 10.9 Å². The van der Waals surface area contributed by atoms with Crippen molar-refractivity contribution in [1.29, 1.82) is 0 Å².